The molecule has 3 heterocycles. The molecule has 0 amide bonds. The molecule has 0 aliphatic carbocycles. The fraction of sp³-hybridized carbons (Fsp3) is 0.167. The Morgan fingerprint density at radius 1 is 1.08 bits per heavy atom. The highest BCUT2D eigenvalue weighted by Gasteiger charge is 2.11. The maximum absolute atomic E-state index is 13.0. The van der Waals surface area contributed by atoms with Crippen LogP contribution in [0, 0.1) is 0 Å². The SMILES string of the molecule is CCn1c(=O)[nH]/c(=N\c2ccc(Oc3cccc(C(=O)OC)n3)cc2)n(Cc2ccc(Cl)cn2)c1=O. The van der Waals surface area contributed by atoms with Gasteiger partial charge in [0, 0.05) is 18.8 Å². The third kappa shape index (κ3) is 5.58. The van der Waals surface area contributed by atoms with Crippen LogP contribution in [-0.4, -0.2) is 37.2 Å². The summed E-state index contributed by atoms with van der Waals surface area (Å²) >= 11 is 5.91. The first-order valence-electron chi connectivity index (χ1n) is 10.8. The quantitative estimate of drug-likeness (QED) is 0.379. The van der Waals surface area contributed by atoms with Gasteiger partial charge >= 0.3 is 17.3 Å². The number of aromatic amines is 1. The van der Waals surface area contributed by atoms with E-state index in [1.54, 1.807) is 55.5 Å². The van der Waals surface area contributed by atoms with Crippen molar-refractivity contribution >= 4 is 23.3 Å². The number of carbonyl (C=O) groups excluding carboxylic acids is 1. The third-order valence-corrected chi connectivity index (χ3v) is 5.24. The van der Waals surface area contributed by atoms with E-state index in [0.29, 0.717) is 22.2 Å². The minimum atomic E-state index is -0.573. The van der Waals surface area contributed by atoms with Crippen LogP contribution in [0.25, 0.3) is 0 Å². The maximum atomic E-state index is 13.0. The molecule has 12 heteroatoms. The van der Waals surface area contributed by atoms with E-state index in [1.165, 1.54) is 23.9 Å². The summed E-state index contributed by atoms with van der Waals surface area (Å²) in [4.78, 5) is 52.5. The Morgan fingerprint density at radius 2 is 1.86 bits per heavy atom. The number of carbonyl (C=O) groups is 1. The van der Waals surface area contributed by atoms with Crippen LogP contribution in [0.1, 0.15) is 23.1 Å². The first-order chi connectivity index (χ1) is 17.4. The zero-order chi connectivity index (χ0) is 25.7. The molecule has 0 saturated carbocycles. The summed E-state index contributed by atoms with van der Waals surface area (Å²) in [6.07, 6.45) is 1.48. The monoisotopic (exact) mass is 508 g/mol. The second-order valence-corrected chi connectivity index (χ2v) is 7.83. The average Bonchev–Trinajstić information content (AvgIpc) is 2.88. The first kappa shape index (κ1) is 24.6. The molecule has 0 bridgehead atoms. The molecule has 0 aliphatic rings. The van der Waals surface area contributed by atoms with Crippen molar-refractivity contribution in [3.63, 3.8) is 0 Å². The van der Waals surface area contributed by atoms with Crippen LogP contribution in [-0.2, 0) is 17.8 Å². The predicted octanol–water partition coefficient (Wildman–Crippen LogP) is 2.66. The topological polar surface area (TPSA) is 133 Å². The average molecular weight is 509 g/mol. The van der Waals surface area contributed by atoms with Crippen molar-refractivity contribution in [3.05, 3.63) is 104 Å². The van der Waals surface area contributed by atoms with Crippen LogP contribution in [0.5, 0.6) is 11.6 Å². The summed E-state index contributed by atoms with van der Waals surface area (Å²) in [5.41, 5.74) is 0.116. The molecular weight excluding hydrogens is 488 g/mol. The maximum Gasteiger partial charge on any atom is 0.356 e. The number of ether oxygens (including phenoxy) is 2. The number of H-pyrrole nitrogens is 1. The third-order valence-electron chi connectivity index (χ3n) is 5.02. The molecule has 36 heavy (non-hydrogen) atoms. The summed E-state index contributed by atoms with van der Waals surface area (Å²) in [7, 11) is 1.27. The number of rotatable bonds is 7. The lowest BCUT2D eigenvalue weighted by molar-refractivity contribution is 0.0593. The number of nitrogens with zero attached hydrogens (tertiary/aromatic N) is 5. The number of benzene rings is 1. The molecule has 0 unspecified atom stereocenters. The molecule has 0 atom stereocenters. The van der Waals surface area contributed by atoms with Gasteiger partial charge in [0.1, 0.15) is 5.75 Å². The van der Waals surface area contributed by atoms with E-state index in [1.807, 2.05) is 0 Å². The van der Waals surface area contributed by atoms with Gasteiger partial charge in [0.2, 0.25) is 11.5 Å². The van der Waals surface area contributed by atoms with E-state index >= 15 is 0 Å². The Labute approximate surface area is 209 Å². The number of nitrogens with one attached hydrogen (secondary N) is 1. The van der Waals surface area contributed by atoms with Crippen LogP contribution >= 0.6 is 11.6 Å². The van der Waals surface area contributed by atoms with Gasteiger partial charge in [0.25, 0.3) is 0 Å². The van der Waals surface area contributed by atoms with Crippen LogP contribution < -0.4 is 21.7 Å². The second-order valence-electron chi connectivity index (χ2n) is 7.39. The van der Waals surface area contributed by atoms with Gasteiger partial charge in [-0.15, -0.1) is 0 Å². The molecule has 11 nitrogen and oxygen atoms in total. The molecule has 184 valence electrons. The fourth-order valence-electron chi connectivity index (χ4n) is 3.25. The van der Waals surface area contributed by atoms with Gasteiger partial charge in [-0.3, -0.25) is 14.5 Å². The predicted molar refractivity (Wildman–Crippen MR) is 131 cm³/mol. The first-order valence-corrected chi connectivity index (χ1v) is 11.2. The van der Waals surface area contributed by atoms with E-state index < -0.39 is 17.3 Å². The van der Waals surface area contributed by atoms with Crippen LogP contribution in [0.15, 0.2) is 75.4 Å². The molecule has 4 aromatic rings. The largest absolute Gasteiger partial charge is 0.464 e. The van der Waals surface area contributed by atoms with E-state index in [4.69, 9.17) is 16.3 Å². The molecule has 0 fully saturated rings. The number of aromatic nitrogens is 5. The molecule has 0 spiro atoms. The highest BCUT2D eigenvalue weighted by molar-refractivity contribution is 6.30. The summed E-state index contributed by atoms with van der Waals surface area (Å²) in [5.74, 6) is 0.0793. The normalized spacial score (nSPS) is 11.4. The van der Waals surface area contributed by atoms with Gasteiger partial charge in [0.05, 0.1) is 30.1 Å². The lowest BCUT2D eigenvalue weighted by Gasteiger charge is -2.10. The Balaban J connectivity index is 1.66. The van der Waals surface area contributed by atoms with Gasteiger partial charge in [-0.1, -0.05) is 17.7 Å². The number of esters is 1. The van der Waals surface area contributed by atoms with Crippen LogP contribution in [0.3, 0.4) is 0 Å². The second kappa shape index (κ2) is 10.8. The van der Waals surface area contributed by atoms with Crippen molar-refractivity contribution in [2.24, 2.45) is 4.99 Å². The zero-order valence-electron chi connectivity index (χ0n) is 19.3. The van der Waals surface area contributed by atoms with Crippen LogP contribution in [0.4, 0.5) is 5.69 Å². The highest BCUT2D eigenvalue weighted by atomic mass is 35.5. The van der Waals surface area contributed by atoms with Gasteiger partial charge in [-0.25, -0.2) is 28.9 Å². The molecule has 0 aliphatic heterocycles. The lowest BCUT2D eigenvalue weighted by Crippen LogP contribution is -2.49. The molecular formula is C24H21ClN6O5. The number of methoxy groups -OCH3 is 1. The zero-order valence-corrected chi connectivity index (χ0v) is 20.1. The minimum absolute atomic E-state index is 0.0626. The fourth-order valence-corrected chi connectivity index (χ4v) is 3.36. The van der Waals surface area contributed by atoms with Crippen molar-refractivity contribution in [2.45, 2.75) is 20.0 Å². The van der Waals surface area contributed by atoms with E-state index in [0.717, 1.165) is 4.57 Å². The number of halogens is 1. The lowest BCUT2D eigenvalue weighted by atomic mass is 10.3. The van der Waals surface area contributed by atoms with E-state index in [-0.39, 0.29) is 30.3 Å². The van der Waals surface area contributed by atoms with Crippen molar-refractivity contribution in [1.82, 2.24) is 24.1 Å². The molecule has 0 radical (unpaired) electrons. The molecule has 4 rings (SSSR count). The smallest absolute Gasteiger partial charge is 0.356 e. The van der Waals surface area contributed by atoms with Crippen LogP contribution in [0.2, 0.25) is 5.02 Å². The number of pyridine rings is 2. The Bertz CT molecular complexity index is 1570. The van der Waals surface area contributed by atoms with Gasteiger partial charge in [-0.2, -0.15) is 0 Å². The summed E-state index contributed by atoms with van der Waals surface area (Å²) in [5, 5.41) is 0.468. The van der Waals surface area contributed by atoms with Crippen molar-refractivity contribution in [3.8, 4) is 11.6 Å². The van der Waals surface area contributed by atoms with Gasteiger partial charge in [-0.05, 0) is 49.4 Å². The Hall–Kier alpha value is -4.51. The molecule has 3 aromatic heterocycles. The molecule has 1 aromatic carbocycles. The number of hydrogen-bond acceptors (Lipinski definition) is 8. The number of hydrogen-bond donors (Lipinski definition) is 1. The molecule has 0 saturated heterocycles. The summed E-state index contributed by atoms with van der Waals surface area (Å²) < 4.78 is 12.8. The Kier molecular flexibility index (Phi) is 7.40. The Morgan fingerprint density at radius 3 is 2.53 bits per heavy atom. The highest BCUT2D eigenvalue weighted by Crippen LogP contribution is 2.22. The van der Waals surface area contributed by atoms with Crippen molar-refractivity contribution in [1.29, 1.82) is 0 Å². The van der Waals surface area contributed by atoms with Gasteiger partial charge < -0.3 is 9.47 Å². The van der Waals surface area contributed by atoms with Crippen molar-refractivity contribution < 1.29 is 14.3 Å². The standard InChI is InChI=1S/C24H21ClN6O5/c1-3-30-23(33)29-22(31(24(30)34)14-17-8-7-15(25)13-26-17)27-16-9-11-18(12-10-16)36-20-6-4-5-19(28-20)21(32)35-2/h4-13H,3,14H2,1-2H3,(H,27,29,33). The summed E-state index contributed by atoms with van der Waals surface area (Å²) in [6.45, 7) is 1.97. The summed E-state index contributed by atoms with van der Waals surface area (Å²) in [6, 6.07) is 14.7. The molecule has 1 N–H and O–H groups in total. The van der Waals surface area contributed by atoms with Crippen molar-refractivity contribution in [2.75, 3.05) is 7.11 Å². The van der Waals surface area contributed by atoms with E-state index in [2.05, 4.69) is 24.7 Å². The van der Waals surface area contributed by atoms with Gasteiger partial charge in [0.15, 0.2) is 5.69 Å². The van der Waals surface area contributed by atoms with E-state index in [9.17, 15) is 14.4 Å². The minimum Gasteiger partial charge on any atom is -0.464 e.